The van der Waals surface area contributed by atoms with Crippen LogP contribution in [0, 0.1) is 17.7 Å². The van der Waals surface area contributed by atoms with Crippen molar-refractivity contribution in [1.29, 1.82) is 0 Å². The molecule has 2 rings (SSSR count). The molecule has 2 atom stereocenters. The average Bonchev–Trinajstić information content (AvgIpc) is 3.03. The largest absolute Gasteiger partial charge is 0.388 e. The third-order valence-corrected chi connectivity index (χ3v) is 3.48. The van der Waals surface area contributed by atoms with Crippen molar-refractivity contribution in [1.82, 2.24) is 0 Å². The summed E-state index contributed by atoms with van der Waals surface area (Å²) >= 11 is 5.93. The van der Waals surface area contributed by atoms with Crippen LogP contribution in [0.4, 0.5) is 4.39 Å². The molecule has 1 aromatic carbocycles. The number of benzene rings is 1. The summed E-state index contributed by atoms with van der Waals surface area (Å²) in [6.45, 7) is 1.99. The highest BCUT2D eigenvalue weighted by Gasteiger charge is 2.33. The molecule has 0 aliphatic heterocycles. The lowest BCUT2D eigenvalue weighted by molar-refractivity contribution is 0.105. The van der Waals surface area contributed by atoms with E-state index in [2.05, 4.69) is 0 Å². The van der Waals surface area contributed by atoms with Gasteiger partial charge < -0.3 is 5.11 Å². The Morgan fingerprint density at radius 2 is 2.13 bits per heavy atom. The lowest BCUT2D eigenvalue weighted by atomic mass is 9.93. The van der Waals surface area contributed by atoms with Gasteiger partial charge in [-0.15, -0.1) is 0 Å². The smallest absolute Gasteiger partial charge is 0.123 e. The van der Waals surface area contributed by atoms with Gasteiger partial charge in [0.05, 0.1) is 6.10 Å². The molecule has 1 nitrogen and oxygen atoms in total. The molecule has 1 aliphatic rings. The lowest BCUT2D eigenvalue weighted by Crippen LogP contribution is -2.11. The second-order valence-electron chi connectivity index (χ2n) is 4.31. The molecular formula is C12H14ClFO. The highest BCUT2D eigenvalue weighted by Crippen LogP contribution is 2.43. The number of halogens is 2. The first-order chi connectivity index (χ1) is 7.09. The van der Waals surface area contributed by atoms with Crippen molar-refractivity contribution in [3.05, 3.63) is 34.6 Å². The van der Waals surface area contributed by atoms with Crippen molar-refractivity contribution >= 4 is 11.6 Å². The molecule has 1 N–H and O–H groups in total. The van der Waals surface area contributed by atoms with Gasteiger partial charge in [-0.2, -0.15) is 0 Å². The van der Waals surface area contributed by atoms with E-state index < -0.39 is 6.10 Å². The Balaban J connectivity index is 2.23. The van der Waals surface area contributed by atoms with Gasteiger partial charge in [0, 0.05) is 10.6 Å². The summed E-state index contributed by atoms with van der Waals surface area (Å²) in [5.74, 6) is 0.375. The van der Waals surface area contributed by atoms with E-state index in [1.165, 1.54) is 18.2 Å². The van der Waals surface area contributed by atoms with E-state index in [1.54, 1.807) is 0 Å². The van der Waals surface area contributed by atoms with Gasteiger partial charge in [0.2, 0.25) is 0 Å². The van der Waals surface area contributed by atoms with Crippen LogP contribution in [0.2, 0.25) is 5.02 Å². The molecule has 0 radical (unpaired) electrons. The van der Waals surface area contributed by atoms with Crippen molar-refractivity contribution in [3.63, 3.8) is 0 Å². The van der Waals surface area contributed by atoms with Gasteiger partial charge in [-0.3, -0.25) is 0 Å². The first-order valence-electron chi connectivity index (χ1n) is 5.22. The topological polar surface area (TPSA) is 20.2 Å². The minimum absolute atomic E-state index is 0.157. The Morgan fingerprint density at radius 3 is 2.73 bits per heavy atom. The first-order valence-corrected chi connectivity index (χ1v) is 5.60. The van der Waals surface area contributed by atoms with Crippen LogP contribution in [0.3, 0.4) is 0 Å². The van der Waals surface area contributed by atoms with E-state index >= 15 is 0 Å². The van der Waals surface area contributed by atoms with Crippen molar-refractivity contribution < 1.29 is 9.50 Å². The molecule has 0 amide bonds. The van der Waals surface area contributed by atoms with E-state index in [4.69, 9.17) is 11.6 Å². The van der Waals surface area contributed by atoms with Crippen LogP contribution >= 0.6 is 11.6 Å². The van der Waals surface area contributed by atoms with Gasteiger partial charge in [-0.1, -0.05) is 18.5 Å². The number of rotatable bonds is 3. The predicted molar refractivity (Wildman–Crippen MR) is 58.3 cm³/mol. The second-order valence-corrected chi connectivity index (χ2v) is 4.71. The van der Waals surface area contributed by atoms with Gasteiger partial charge in [-0.25, -0.2) is 4.39 Å². The molecule has 82 valence electrons. The Kier molecular flexibility index (Phi) is 2.98. The van der Waals surface area contributed by atoms with E-state index in [0.717, 1.165) is 12.8 Å². The highest BCUT2D eigenvalue weighted by molar-refractivity contribution is 6.31. The maximum Gasteiger partial charge on any atom is 0.123 e. The summed E-state index contributed by atoms with van der Waals surface area (Å²) in [6, 6.07) is 4.13. The van der Waals surface area contributed by atoms with Crippen LogP contribution in [-0.4, -0.2) is 5.11 Å². The Bertz CT molecular complexity index is 363. The van der Waals surface area contributed by atoms with Crippen molar-refractivity contribution in [3.8, 4) is 0 Å². The van der Waals surface area contributed by atoms with Crippen LogP contribution in [0.1, 0.15) is 31.4 Å². The number of aliphatic hydroxyl groups excluding tert-OH is 1. The second kappa shape index (κ2) is 4.11. The minimum atomic E-state index is -0.652. The fraction of sp³-hybridized carbons (Fsp3) is 0.500. The van der Waals surface area contributed by atoms with Crippen LogP contribution in [0.5, 0.6) is 0 Å². The third-order valence-electron chi connectivity index (χ3n) is 3.14. The van der Waals surface area contributed by atoms with Crippen LogP contribution < -0.4 is 0 Å². The Hall–Kier alpha value is -0.600. The zero-order valence-electron chi connectivity index (χ0n) is 8.58. The normalized spacial score (nSPS) is 20.0. The predicted octanol–water partition coefficient (Wildman–Crippen LogP) is 3.56. The van der Waals surface area contributed by atoms with E-state index in [0.29, 0.717) is 16.5 Å². The standard InChI is InChI=1S/C12H14ClFO/c1-7(8-2-3-8)12(15)10-6-9(14)4-5-11(10)13/h4-8,12,15H,2-3H2,1H3. The van der Waals surface area contributed by atoms with Gasteiger partial charge >= 0.3 is 0 Å². The average molecular weight is 229 g/mol. The maximum absolute atomic E-state index is 13.0. The SMILES string of the molecule is CC(C1CC1)C(O)c1cc(F)ccc1Cl. The Morgan fingerprint density at radius 1 is 1.47 bits per heavy atom. The number of aliphatic hydroxyl groups is 1. The molecule has 0 saturated heterocycles. The molecule has 1 aliphatic carbocycles. The summed E-state index contributed by atoms with van der Waals surface area (Å²) in [5.41, 5.74) is 0.510. The zero-order valence-corrected chi connectivity index (χ0v) is 9.34. The molecule has 15 heavy (non-hydrogen) atoms. The van der Waals surface area contributed by atoms with Gasteiger partial charge in [0.15, 0.2) is 0 Å². The first kappa shape index (κ1) is 10.9. The molecule has 0 bridgehead atoms. The monoisotopic (exact) mass is 228 g/mol. The van der Waals surface area contributed by atoms with Crippen LogP contribution in [-0.2, 0) is 0 Å². The lowest BCUT2D eigenvalue weighted by Gasteiger charge is -2.19. The summed E-state index contributed by atoms with van der Waals surface area (Å²) in [7, 11) is 0. The molecular weight excluding hydrogens is 215 g/mol. The molecule has 3 heteroatoms. The summed E-state index contributed by atoms with van der Waals surface area (Å²) in [6.07, 6.45) is 1.66. The summed E-state index contributed by atoms with van der Waals surface area (Å²) in [4.78, 5) is 0. The van der Waals surface area contributed by atoms with Gasteiger partial charge in [-0.05, 0) is 42.9 Å². The van der Waals surface area contributed by atoms with E-state index in [-0.39, 0.29) is 11.7 Å². The molecule has 2 unspecified atom stereocenters. The van der Waals surface area contributed by atoms with Crippen LogP contribution in [0.15, 0.2) is 18.2 Å². The number of hydrogen-bond acceptors (Lipinski definition) is 1. The number of hydrogen-bond donors (Lipinski definition) is 1. The van der Waals surface area contributed by atoms with Gasteiger partial charge in [0.25, 0.3) is 0 Å². The van der Waals surface area contributed by atoms with E-state index in [9.17, 15) is 9.50 Å². The molecule has 0 heterocycles. The van der Waals surface area contributed by atoms with Crippen LogP contribution in [0.25, 0.3) is 0 Å². The molecule has 1 fully saturated rings. The highest BCUT2D eigenvalue weighted by atomic mass is 35.5. The maximum atomic E-state index is 13.0. The molecule has 1 saturated carbocycles. The van der Waals surface area contributed by atoms with E-state index in [1.807, 2.05) is 6.92 Å². The van der Waals surface area contributed by atoms with Crippen molar-refractivity contribution in [2.75, 3.05) is 0 Å². The third kappa shape index (κ3) is 2.32. The molecule has 0 aromatic heterocycles. The molecule has 1 aromatic rings. The van der Waals surface area contributed by atoms with Crippen molar-refractivity contribution in [2.24, 2.45) is 11.8 Å². The summed E-state index contributed by atoms with van der Waals surface area (Å²) < 4.78 is 13.0. The van der Waals surface area contributed by atoms with Gasteiger partial charge in [0.1, 0.15) is 5.82 Å². The minimum Gasteiger partial charge on any atom is -0.388 e. The zero-order chi connectivity index (χ0) is 11.0. The van der Waals surface area contributed by atoms with Crippen molar-refractivity contribution in [2.45, 2.75) is 25.9 Å². The quantitative estimate of drug-likeness (QED) is 0.839. The fourth-order valence-electron chi connectivity index (χ4n) is 1.90. The Labute approximate surface area is 93.9 Å². The summed E-state index contributed by atoms with van der Waals surface area (Å²) in [5, 5.41) is 10.5. The fourth-order valence-corrected chi connectivity index (χ4v) is 2.13. The molecule has 0 spiro atoms.